The van der Waals surface area contributed by atoms with Gasteiger partial charge in [0, 0.05) is 37.2 Å². The van der Waals surface area contributed by atoms with E-state index in [4.69, 9.17) is 0 Å². The maximum atomic E-state index is 4.57. The van der Waals surface area contributed by atoms with E-state index in [1.807, 2.05) is 6.07 Å². The van der Waals surface area contributed by atoms with Crippen molar-refractivity contribution in [2.45, 2.75) is 32.7 Å². The first-order valence-corrected chi connectivity index (χ1v) is 10.0. The van der Waals surface area contributed by atoms with Gasteiger partial charge in [0.2, 0.25) is 5.95 Å². The van der Waals surface area contributed by atoms with Crippen LogP contribution in [0.5, 0.6) is 0 Å². The van der Waals surface area contributed by atoms with Crippen molar-refractivity contribution in [2.24, 2.45) is 0 Å². The summed E-state index contributed by atoms with van der Waals surface area (Å²) in [6.45, 7) is 5.13. The number of nitrogens with one attached hydrogen (secondary N) is 2. The molecule has 1 aliphatic heterocycles. The Morgan fingerprint density at radius 2 is 1.79 bits per heavy atom. The van der Waals surface area contributed by atoms with Crippen molar-refractivity contribution in [1.29, 1.82) is 0 Å². The number of benzene rings is 2. The number of rotatable bonds is 6. The minimum absolute atomic E-state index is 0.622. The van der Waals surface area contributed by atoms with Gasteiger partial charge in [-0.15, -0.1) is 0 Å². The summed E-state index contributed by atoms with van der Waals surface area (Å²) in [4.78, 5) is 11.4. The van der Waals surface area contributed by atoms with Gasteiger partial charge in [0.25, 0.3) is 0 Å². The van der Waals surface area contributed by atoms with Crippen LogP contribution >= 0.6 is 0 Å². The van der Waals surface area contributed by atoms with Crippen LogP contribution in [-0.2, 0) is 6.54 Å². The van der Waals surface area contributed by atoms with Crippen molar-refractivity contribution in [3.8, 4) is 0 Å². The van der Waals surface area contributed by atoms with Gasteiger partial charge in [0.1, 0.15) is 5.82 Å². The fraction of sp³-hybridized carbons (Fsp3) is 0.304. The summed E-state index contributed by atoms with van der Waals surface area (Å²) in [6, 6.07) is 18.9. The Hall–Kier alpha value is -3.08. The van der Waals surface area contributed by atoms with Crippen molar-refractivity contribution in [3.05, 3.63) is 71.9 Å². The lowest BCUT2D eigenvalue weighted by molar-refractivity contribution is 0.578. The Balaban J connectivity index is 1.37. The Labute approximate surface area is 166 Å². The maximum absolute atomic E-state index is 4.57. The highest BCUT2D eigenvalue weighted by atomic mass is 15.1. The molecule has 0 amide bonds. The Kier molecular flexibility index (Phi) is 5.71. The van der Waals surface area contributed by atoms with Gasteiger partial charge in [-0.1, -0.05) is 29.8 Å². The molecule has 0 atom stereocenters. The van der Waals surface area contributed by atoms with E-state index in [-0.39, 0.29) is 0 Å². The molecule has 5 nitrogen and oxygen atoms in total. The predicted octanol–water partition coefficient (Wildman–Crippen LogP) is 5.13. The normalized spacial score (nSPS) is 14.0. The summed E-state index contributed by atoms with van der Waals surface area (Å²) >= 11 is 0. The lowest BCUT2D eigenvalue weighted by Crippen LogP contribution is -2.29. The van der Waals surface area contributed by atoms with Crippen LogP contribution in [0.15, 0.2) is 60.8 Å². The molecule has 28 heavy (non-hydrogen) atoms. The van der Waals surface area contributed by atoms with Gasteiger partial charge in [-0.25, -0.2) is 4.98 Å². The first-order chi connectivity index (χ1) is 13.8. The second-order valence-electron chi connectivity index (χ2n) is 7.33. The van der Waals surface area contributed by atoms with Gasteiger partial charge in [-0.05, 0) is 62.1 Å². The molecule has 0 aliphatic carbocycles. The summed E-state index contributed by atoms with van der Waals surface area (Å²) in [5.74, 6) is 1.41. The smallest absolute Gasteiger partial charge is 0.224 e. The molecule has 1 aliphatic rings. The van der Waals surface area contributed by atoms with Crippen LogP contribution in [0.4, 0.5) is 23.1 Å². The average Bonchev–Trinajstić information content (AvgIpc) is 2.74. The second kappa shape index (κ2) is 8.74. The van der Waals surface area contributed by atoms with Crippen molar-refractivity contribution in [1.82, 2.24) is 9.97 Å². The fourth-order valence-corrected chi connectivity index (χ4v) is 3.57. The minimum Gasteiger partial charge on any atom is -0.372 e. The number of anilines is 4. The van der Waals surface area contributed by atoms with Gasteiger partial charge in [0.15, 0.2) is 0 Å². The summed E-state index contributed by atoms with van der Waals surface area (Å²) in [5.41, 5.74) is 4.80. The predicted molar refractivity (Wildman–Crippen MR) is 116 cm³/mol. The monoisotopic (exact) mass is 373 g/mol. The lowest BCUT2D eigenvalue weighted by atomic mass is 10.1. The number of piperidine rings is 1. The molecule has 0 saturated carbocycles. The Morgan fingerprint density at radius 1 is 0.964 bits per heavy atom. The Bertz CT molecular complexity index is 901. The van der Waals surface area contributed by atoms with E-state index < -0.39 is 0 Å². The number of hydrogen-bond donors (Lipinski definition) is 2. The average molecular weight is 374 g/mol. The topological polar surface area (TPSA) is 53.1 Å². The molecule has 0 unspecified atom stereocenters. The molecule has 1 fully saturated rings. The first kappa shape index (κ1) is 18.3. The van der Waals surface area contributed by atoms with E-state index in [0.717, 1.165) is 24.6 Å². The van der Waals surface area contributed by atoms with Crippen molar-refractivity contribution in [3.63, 3.8) is 0 Å². The zero-order chi connectivity index (χ0) is 19.2. The Morgan fingerprint density at radius 3 is 2.57 bits per heavy atom. The van der Waals surface area contributed by atoms with Gasteiger partial charge < -0.3 is 15.5 Å². The van der Waals surface area contributed by atoms with E-state index in [1.54, 1.807) is 6.20 Å². The number of aromatic nitrogens is 2. The van der Waals surface area contributed by atoms with Crippen LogP contribution in [0.25, 0.3) is 0 Å². The maximum Gasteiger partial charge on any atom is 0.224 e. The zero-order valence-corrected chi connectivity index (χ0v) is 16.4. The molecular weight excluding hydrogens is 346 g/mol. The molecule has 0 radical (unpaired) electrons. The molecule has 1 aromatic heterocycles. The highest BCUT2D eigenvalue weighted by molar-refractivity contribution is 5.61. The zero-order valence-electron chi connectivity index (χ0n) is 16.4. The molecule has 0 bridgehead atoms. The third kappa shape index (κ3) is 4.80. The van der Waals surface area contributed by atoms with Gasteiger partial charge in [-0.2, -0.15) is 4.98 Å². The standard InChI is InChI=1S/C23H27N5/c1-18-6-5-7-19(16-18)17-25-23-24-13-12-22(27-23)26-20-8-10-21(11-9-20)28-14-3-2-4-15-28/h5-13,16H,2-4,14-15,17H2,1H3,(H2,24,25,26,27). The van der Waals surface area contributed by atoms with E-state index in [2.05, 4.69) is 81.0 Å². The van der Waals surface area contributed by atoms with Crippen LogP contribution in [0, 0.1) is 6.92 Å². The van der Waals surface area contributed by atoms with Crippen LogP contribution in [-0.4, -0.2) is 23.1 Å². The van der Waals surface area contributed by atoms with Crippen LogP contribution in [0.2, 0.25) is 0 Å². The van der Waals surface area contributed by atoms with Crippen LogP contribution in [0.3, 0.4) is 0 Å². The van der Waals surface area contributed by atoms with Crippen molar-refractivity contribution >= 4 is 23.1 Å². The number of hydrogen-bond acceptors (Lipinski definition) is 5. The second-order valence-corrected chi connectivity index (χ2v) is 7.33. The molecule has 0 spiro atoms. The number of aryl methyl sites for hydroxylation is 1. The third-order valence-electron chi connectivity index (χ3n) is 5.05. The minimum atomic E-state index is 0.622. The third-order valence-corrected chi connectivity index (χ3v) is 5.05. The van der Waals surface area contributed by atoms with Crippen LogP contribution < -0.4 is 15.5 Å². The summed E-state index contributed by atoms with van der Waals surface area (Å²) in [6.07, 6.45) is 5.71. The molecule has 5 heteroatoms. The van der Waals surface area contributed by atoms with Crippen molar-refractivity contribution in [2.75, 3.05) is 28.6 Å². The quantitative estimate of drug-likeness (QED) is 0.627. The SMILES string of the molecule is Cc1cccc(CNc2nccc(Nc3ccc(N4CCCCC4)cc3)n2)c1. The lowest BCUT2D eigenvalue weighted by Gasteiger charge is -2.28. The van der Waals surface area contributed by atoms with E-state index in [0.29, 0.717) is 12.5 Å². The fourth-order valence-electron chi connectivity index (χ4n) is 3.57. The van der Waals surface area contributed by atoms with Gasteiger partial charge in [0.05, 0.1) is 0 Å². The molecule has 144 valence electrons. The molecule has 3 aromatic rings. The number of nitrogens with zero attached hydrogens (tertiary/aromatic N) is 3. The van der Waals surface area contributed by atoms with Crippen LogP contribution in [0.1, 0.15) is 30.4 Å². The van der Waals surface area contributed by atoms with E-state index in [1.165, 1.54) is 36.1 Å². The first-order valence-electron chi connectivity index (χ1n) is 10.0. The summed E-state index contributed by atoms with van der Waals surface area (Å²) < 4.78 is 0. The molecular formula is C23H27N5. The van der Waals surface area contributed by atoms with Crippen molar-refractivity contribution < 1.29 is 0 Å². The van der Waals surface area contributed by atoms with E-state index >= 15 is 0 Å². The molecule has 2 N–H and O–H groups in total. The van der Waals surface area contributed by atoms with Gasteiger partial charge >= 0.3 is 0 Å². The molecule has 1 saturated heterocycles. The summed E-state index contributed by atoms with van der Waals surface area (Å²) in [5, 5.41) is 6.67. The van der Waals surface area contributed by atoms with Gasteiger partial charge in [-0.3, -0.25) is 0 Å². The van der Waals surface area contributed by atoms with E-state index in [9.17, 15) is 0 Å². The summed E-state index contributed by atoms with van der Waals surface area (Å²) in [7, 11) is 0. The molecule has 2 aromatic carbocycles. The molecule has 4 rings (SSSR count). The largest absolute Gasteiger partial charge is 0.372 e. The molecule has 2 heterocycles. The highest BCUT2D eigenvalue weighted by Crippen LogP contribution is 2.23. The highest BCUT2D eigenvalue weighted by Gasteiger charge is 2.10.